The van der Waals surface area contributed by atoms with Gasteiger partial charge in [0.2, 0.25) is 0 Å². The van der Waals surface area contributed by atoms with Crippen LogP contribution in [-0.2, 0) is 20.1 Å². The minimum Gasteiger partial charge on any atom is -0.496 e. The Morgan fingerprint density at radius 1 is 1.46 bits per heavy atom. The van der Waals surface area contributed by atoms with Gasteiger partial charge in [-0.15, -0.1) is 0 Å². The first kappa shape index (κ1) is 18.1. The van der Waals surface area contributed by atoms with Crippen LogP contribution in [0.3, 0.4) is 0 Å². The third-order valence-corrected chi connectivity index (χ3v) is 3.76. The van der Waals surface area contributed by atoms with Crippen LogP contribution in [0, 0.1) is 0 Å². The zero-order valence-corrected chi connectivity index (χ0v) is 15.3. The number of methoxy groups -OCH3 is 1. The largest absolute Gasteiger partial charge is 0.496 e. The fourth-order valence-electron chi connectivity index (χ4n) is 2.38. The number of benzene rings is 1. The van der Waals surface area contributed by atoms with Crippen molar-refractivity contribution in [3.63, 3.8) is 0 Å². The van der Waals surface area contributed by atoms with Crippen molar-refractivity contribution in [1.82, 2.24) is 20.0 Å². The number of nitrogens with zero attached hydrogens (tertiary/aromatic N) is 4. The third kappa shape index (κ3) is 4.89. The molecule has 0 fully saturated rings. The van der Waals surface area contributed by atoms with Crippen LogP contribution in [0.15, 0.2) is 35.6 Å². The summed E-state index contributed by atoms with van der Waals surface area (Å²) >= 11 is 6.01. The van der Waals surface area contributed by atoms with Gasteiger partial charge in [0, 0.05) is 49.5 Å². The molecule has 1 aromatic carbocycles. The Hall–Kier alpha value is -2.21. The molecular formula is C17H24ClN5O. The molecule has 0 aliphatic carbocycles. The van der Waals surface area contributed by atoms with Crippen molar-refractivity contribution in [2.45, 2.75) is 20.0 Å². The fourth-order valence-corrected chi connectivity index (χ4v) is 2.54. The molecule has 0 saturated heterocycles. The second-order valence-corrected chi connectivity index (χ2v) is 5.94. The van der Waals surface area contributed by atoms with Crippen molar-refractivity contribution in [2.24, 2.45) is 12.0 Å². The van der Waals surface area contributed by atoms with Gasteiger partial charge in [0.25, 0.3) is 0 Å². The lowest BCUT2D eigenvalue weighted by Gasteiger charge is -2.21. The molecule has 6 nitrogen and oxygen atoms in total. The highest BCUT2D eigenvalue weighted by molar-refractivity contribution is 6.30. The van der Waals surface area contributed by atoms with Crippen LogP contribution in [0.4, 0.5) is 0 Å². The molecule has 0 radical (unpaired) electrons. The molecule has 7 heteroatoms. The molecule has 130 valence electrons. The van der Waals surface area contributed by atoms with E-state index in [-0.39, 0.29) is 0 Å². The molecule has 24 heavy (non-hydrogen) atoms. The van der Waals surface area contributed by atoms with Crippen molar-refractivity contribution in [3.05, 3.63) is 46.7 Å². The van der Waals surface area contributed by atoms with Crippen molar-refractivity contribution in [3.8, 4) is 5.75 Å². The van der Waals surface area contributed by atoms with Crippen molar-refractivity contribution < 1.29 is 4.74 Å². The van der Waals surface area contributed by atoms with E-state index < -0.39 is 0 Å². The van der Waals surface area contributed by atoms with Crippen LogP contribution in [0.2, 0.25) is 5.02 Å². The summed E-state index contributed by atoms with van der Waals surface area (Å²) in [6.07, 6.45) is 3.87. The lowest BCUT2D eigenvalue weighted by atomic mass is 10.2. The fraction of sp³-hybridized carbons (Fsp3) is 0.412. The quantitative estimate of drug-likeness (QED) is 0.643. The van der Waals surface area contributed by atoms with E-state index in [0.717, 1.165) is 35.9 Å². The summed E-state index contributed by atoms with van der Waals surface area (Å²) in [4.78, 5) is 6.78. The zero-order valence-electron chi connectivity index (χ0n) is 14.6. The molecule has 0 saturated carbocycles. The Kier molecular flexibility index (Phi) is 6.49. The standard InChI is InChI=1S/C17H24ClN5O/c1-5-19-17(22(2)11-13-9-21-23(3)12-13)20-10-14-6-7-15(18)8-16(14)24-4/h6-9,12H,5,10-11H2,1-4H3,(H,19,20). The van der Waals surface area contributed by atoms with E-state index >= 15 is 0 Å². The Labute approximate surface area is 148 Å². The maximum Gasteiger partial charge on any atom is 0.194 e. The highest BCUT2D eigenvalue weighted by Crippen LogP contribution is 2.23. The van der Waals surface area contributed by atoms with Crippen molar-refractivity contribution in [1.29, 1.82) is 0 Å². The van der Waals surface area contributed by atoms with Crippen molar-refractivity contribution >= 4 is 17.6 Å². The highest BCUT2D eigenvalue weighted by Gasteiger charge is 2.09. The van der Waals surface area contributed by atoms with Crippen LogP contribution < -0.4 is 10.1 Å². The first-order valence-corrected chi connectivity index (χ1v) is 8.20. The number of rotatable bonds is 6. The monoisotopic (exact) mass is 349 g/mol. The number of nitrogens with one attached hydrogen (secondary N) is 1. The second-order valence-electron chi connectivity index (χ2n) is 5.50. The van der Waals surface area contributed by atoms with Gasteiger partial charge in [0.1, 0.15) is 5.75 Å². The van der Waals surface area contributed by atoms with Gasteiger partial charge in [-0.05, 0) is 19.1 Å². The van der Waals surface area contributed by atoms with Crippen LogP contribution in [0.5, 0.6) is 5.75 Å². The summed E-state index contributed by atoms with van der Waals surface area (Å²) < 4.78 is 7.18. The molecule has 1 aromatic heterocycles. The predicted octanol–water partition coefficient (Wildman–Crippen LogP) is 2.68. The first-order chi connectivity index (χ1) is 11.5. The molecule has 1 N–H and O–H groups in total. The molecule has 0 unspecified atom stereocenters. The van der Waals surface area contributed by atoms with E-state index in [0.29, 0.717) is 11.6 Å². The number of aliphatic imine (C=N–C) groups is 1. The van der Waals surface area contributed by atoms with Crippen LogP contribution in [-0.4, -0.2) is 41.3 Å². The Morgan fingerprint density at radius 3 is 2.88 bits per heavy atom. The summed E-state index contributed by atoms with van der Waals surface area (Å²) in [6.45, 7) is 4.10. The van der Waals surface area contributed by atoms with Gasteiger partial charge in [-0.25, -0.2) is 4.99 Å². The number of hydrogen-bond donors (Lipinski definition) is 1. The Morgan fingerprint density at radius 2 is 2.25 bits per heavy atom. The number of aryl methyl sites for hydroxylation is 1. The summed E-state index contributed by atoms with van der Waals surface area (Å²) in [5.74, 6) is 1.58. The molecule has 2 aromatic rings. The molecular weight excluding hydrogens is 326 g/mol. The van der Waals surface area contributed by atoms with E-state index in [2.05, 4.69) is 22.2 Å². The Balaban J connectivity index is 2.12. The molecule has 0 aliphatic heterocycles. The summed E-state index contributed by atoms with van der Waals surface area (Å²) in [5.41, 5.74) is 2.13. The SMILES string of the molecule is CCNC(=NCc1ccc(Cl)cc1OC)N(C)Cc1cnn(C)c1. The lowest BCUT2D eigenvalue weighted by Crippen LogP contribution is -2.38. The molecule has 0 aliphatic rings. The van der Waals surface area contributed by atoms with Gasteiger partial charge in [-0.2, -0.15) is 5.10 Å². The topological polar surface area (TPSA) is 54.7 Å². The van der Waals surface area contributed by atoms with E-state index in [1.165, 1.54) is 0 Å². The number of aromatic nitrogens is 2. The number of ether oxygens (including phenoxy) is 1. The maximum atomic E-state index is 6.01. The maximum absolute atomic E-state index is 6.01. The van der Waals surface area contributed by atoms with E-state index in [1.807, 2.05) is 38.6 Å². The average Bonchev–Trinajstić information content (AvgIpc) is 2.97. The lowest BCUT2D eigenvalue weighted by molar-refractivity contribution is 0.409. The normalized spacial score (nSPS) is 11.5. The minimum atomic E-state index is 0.514. The number of guanidine groups is 1. The molecule has 2 rings (SSSR count). The number of halogens is 1. The van der Waals surface area contributed by atoms with Crippen LogP contribution >= 0.6 is 11.6 Å². The summed E-state index contributed by atoms with van der Waals surface area (Å²) in [7, 11) is 5.56. The van der Waals surface area contributed by atoms with Gasteiger partial charge < -0.3 is 15.0 Å². The van der Waals surface area contributed by atoms with Gasteiger partial charge in [0.15, 0.2) is 5.96 Å². The first-order valence-electron chi connectivity index (χ1n) is 7.82. The van der Waals surface area contributed by atoms with E-state index in [4.69, 9.17) is 21.3 Å². The summed E-state index contributed by atoms with van der Waals surface area (Å²) in [6, 6.07) is 5.59. The smallest absolute Gasteiger partial charge is 0.194 e. The third-order valence-electron chi connectivity index (χ3n) is 3.52. The minimum absolute atomic E-state index is 0.514. The summed E-state index contributed by atoms with van der Waals surface area (Å²) in [5, 5.41) is 8.16. The highest BCUT2D eigenvalue weighted by atomic mass is 35.5. The van der Waals surface area contributed by atoms with E-state index in [9.17, 15) is 0 Å². The Bertz CT molecular complexity index is 698. The molecule has 0 atom stereocenters. The zero-order chi connectivity index (χ0) is 17.5. The predicted molar refractivity (Wildman–Crippen MR) is 97.5 cm³/mol. The average molecular weight is 350 g/mol. The van der Waals surface area contributed by atoms with Gasteiger partial charge >= 0.3 is 0 Å². The van der Waals surface area contributed by atoms with Gasteiger partial charge in [0.05, 0.1) is 19.9 Å². The molecule has 0 amide bonds. The van der Waals surface area contributed by atoms with Crippen LogP contribution in [0.25, 0.3) is 0 Å². The van der Waals surface area contributed by atoms with Crippen molar-refractivity contribution in [2.75, 3.05) is 20.7 Å². The molecule has 0 spiro atoms. The molecule has 0 bridgehead atoms. The van der Waals surface area contributed by atoms with Gasteiger partial charge in [-0.3, -0.25) is 4.68 Å². The number of hydrogen-bond acceptors (Lipinski definition) is 3. The van der Waals surface area contributed by atoms with E-state index in [1.54, 1.807) is 17.9 Å². The molecule has 1 heterocycles. The van der Waals surface area contributed by atoms with Crippen LogP contribution in [0.1, 0.15) is 18.1 Å². The van der Waals surface area contributed by atoms with Gasteiger partial charge in [-0.1, -0.05) is 17.7 Å². The second kappa shape index (κ2) is 8.59.